The average molecular weight is 246 g/mol. The van der Waals surface area contributed by atoms with E-state index in [4.69, 9.17) is 4.74 Å². The second-order valence-electron chi connectivity index (χ2n) is 4.66. The molecule has 0 aromatic rings. The molecular weight excluding hydrogens is 224 g/mol. The van der Waals surface area contributed by atoms with E-state index in [2.05, 4.69) is 26.8 Å². The van der Waals surface area contributed by atoms with Gasteiger partial charge in [0.1, 0.15) is 6.61 Å². The highest BCUT2D eigenvalue weighted by Crippen LogP contribution is 2.13. The van der Waals surface area contributed by atoms with Gasteiger partial charge in [0.15, 0.2) is 0 Å². The fraction of sp³-hybridized carbons (Fsp3) is 0.375. The summed E-state index contributed by atoms with van der Waals surface area (Å²) in [5.74, 6) is -0.00616. The van der Waals surface area contributed by atoms with Crippen molar-refractivity contribution in [3.05, 3.63) is 59.1 Å². The Bertz CT molecular complexity index is 402. The molecule has 0 spiro atoms. The minimum atomic E-state index is -0.00616. The summed E-state index contributed by atoms with van der Waals surface area (Å²) in [5, 5.41) is 9.63. The molecule has 0 radical (unpaired) electrons. The van der Waals surface area contributed by atoms with E-state index in [1.54, 1.807) is 0 Å². The molecule has 0 aromatic carbocycles. The second-order valence-corrected chi connectivity index (χ2v) is 4.66. The second kappa shape index (κ2) is 7.59. The molecule has 18 heavy (non-hydrogen) atoms. The summed E-state index contributed by atoms with van der Waals surface area (Å²) < 4.78 is 5.26. The first-order chi connectivity index (χ1) is 8.59. The van der Waals surface area contributed by atoms with Gasteiger partial charge in [-0.1, -0.05) is 29.4 Å². The lowest BCUT2D eigenvalue weighted by Gasteiger charge is -2.04. The fourth-order valence-corrected chi connectivity index (χ4v) is 1.55. The van der Waals surface area contributed by atoms with Gasteiger partial charge in [-0.05, 0) is 51.8 Å². The molecule has 1 rings (SSSR count). The minimum absolute atomic E-state index is 0.00616. The summed E-state index contributed by atoms with van der Waals surface area (Å²) >= 11 is 0. The van der Waals surface area contributed by atoms with Crippen LogP contribution in [0.2, 0.25) is 0 Å². The van der Waals surface area contributed by atoms with E-state index < -0.39 is 0 Å². The van der Waals surface area contributed by atoms with Gasteiger partial charge in [0.25, 0.3) is 5.95 Å². The third-order valence-electron chi connectivity index (χ3n) is 2.65. The molecule has 98 valence electrons. The molecule has 0 fully saturated rings. The van der Waals surface area contributed by atoms with Crippen LogP contribution < -0.4 is 0 Å². The Labute approximate surface area is 110 Å². The predicted octanol–water partition coefficient (Wildman–Crippen LogP) is 4.59. The predicted molar refractivity (Wildman–Crippen MR) is 76.3 cm³/mol. The molecule has 0 aromatic heterocycles. The molecule has 0 bridgehead atoms. The molecule has 0 heterocycles. The number of hydrogen-bond donors (Lipinski definition) is 1. The van der Waals surface area contributed by atoms with Crippen LogP contribution in [0.3, 0.4) is 0 Å². The largest absolute Gasteiger partial charge is 0.481 e. The Kier molecular flexibility index (Phi) is 6.06. The van der Waals surface area contributed by atoms with Crippen molar-refractivity contribution >= 4 is 0 Å². The van der Waals surface area contributed by atoms with E-state index in [-0.39, 0.29) is 5.95 Å². The van der Waals surface area contributed by atoms with Crippen LogP contribution >= 0.6 is 0 Å². The normalized spacial score (nSPS) is 13.9. The Morgan fingerprint density at radius 2 is 1.83 bits per heavy atom. The number of allylic oxidation sites excluding steroid dienone is 8. The zero-order valence-corrected chi connectivity index (χ0v) is 11.4. The molecule has 0 aliphatic heterocycles. The van der Waals surface area contributed by atoms with E-state index in [9.17, 15) is 5.11 Å². The number of aliphatic hydroxyl groups is 1. The Morgan fingerprint density at radius 3 is 2.44 bits per heavy atom. The van der Waals surface area contributed by atoms with E-state index in [1.807, 2.05) is 30.4 Å². The highest BCUT2D eigenvalue weighted by atomic mass is 16.6. The first-order valence-electron chi connectivity index (χ1n) is 6.29. The third-order valence-corrected chi connectivity index (χ3v) is 2.65. The first kappa shape index (κ1) is 14.4. The standard InChI is InChI=1S/C16H22O2/c1-13(2)7-6-8-14(3)11-12-18-16(17)15-9-4-5-10-15/h4-5,7,9-11,17H,6,8,12H2,1-3H3/b14-11+. The zero-order valence-electron chi connectivity index (χ0n) is 11.4. The zero-order chi connectivity index (χ0) is 13.4. The fourth-order valence-electron chi connectivity index (χ4n) is 1.55. The van der Waals surface area contributed by atoms with Gasteiger partial charge >= 0.3 is 0 Å². The summed E-state index contributed by atoms with van der Waals surface area (Å²) in [6.45, 7) is 6.71. The Hall–Kier alpha value is -1.70. The number of aliphatic hydroxyl groups excluding tert-OH is 1. The average Bonchev–Trinajstić information content (AvgIpc) is 2.81. The molecule has 0 saturated heterocycles. The van der Waals surface area contributed by atoms with Crippen molar-refractivity contribution < 1.29 is 9.84 Å². The molecule has 2 nitrogen and oxygen atoms in total. The van der Waals surface area contributed by atoms with Crippen molar-refractivity contribution in [2.45, 2.75) is 33.6 Å². The van der Waals surface area contributed by atoms with Crippen molar-refractivity contribution in [2.24, 2.45) is 0 Å². The van der Waals surface area contributed by atoms with Crippen LogP contribution in [0.4, 0.5) is 0 Å². The molecular formula is C16H22O2. The van der Waals surface area contributed by atoms with E-state index in [0.717, 1.165) is 18.4 Å². The summed E-state index contributed by atoms with van der Waals surface area (Å²) in [7, 11) is 0. The monoisotopic (exact) mass is 246 g/mol. The van der Waals surface area contributed by atoms with Gasteiger partial charge in [0.2, 0.25) is 0 Å². The van der Waals surface area contributed by atoms with Crippen molar-refractivity contribution in [1.82, 2.24) is 0 Å². The van der Waals surface area contributed by atoms with Crippen LogP contribution in [0.25, 0.3) is 0 Å². The van der Waals surface area contributed by atoms with Gasteiger partial charge < -0.3 is 9.84 Å². The lowest BCUT2D eigenvalue weighted by atomic mass is 10.1. The maximum absolute atomic E-state index is 9.63. The maximum atomic E-state index is 9.63. The van der Waals surface area contributed by atoms with E-state index in [1.165, 1.54) is 11.1 Å². The maximum Gasteiger partial charge on any atom is 0.284 e. The number of ether oxygens (including phenoxy) is 1. The highest BCUT2D eigenvalue weighted by molar-refractivity contribution is 5.40. The van der Waals surface area contributed by atoms with Crippen LogP contribution in [0, 0.1) is 0 Å². The molecule has 0 unspecified atom stereocenters. The Morgan fingerprint density at radius 1 is 1.17 bits per heavy atom. The van der Waals surface area contributed by atoms with Crippen molar-refractivity contribution in [1.29, 1.82) is 0 Å². The van der Waals surface area contributed by atoms with Crippen LogP contribution in [-0.2, 0) is 4.74 Å². The number of hydrogen-bond acceptors (Lipinski definition) is 2. The van der Waals surface area contributed by atoms with Crippen molar-refractivity contribution in [3.63, 3.8) is 0 Å². The van der Waals surface area contributed by atoms with Gasteiger partial charge in [0.05, 0.1) is 5.57 Å². The van der Waals surface area contributed by atoms with Gasteiger partial charge in [-0.2, -0.15) is 0 Å². The quantitative estimate of drug-likeness (QED) is 0.548. The van der Waals surface area contributed by atoms with E-state index >= 15 is 0 Å². The third kappa shape index (κ3) is 5.58. The molecule has 0 atom stereocenters. The first-order valence-corrected chi connectivity index (χ1v) is 6.29. The molecule has 1 aliphatic carbocycles. The molecule has 1 N–H and O–H groups in total. The lowest BCUT2D eigenvalue weighted by molar-refractivity contribution is 0.110. The summed E-state index contributed by atoms with van der Waals surface area (Å²) in [6, 6.07) is 0. The van der Waals surface area contributed by atoms with Crippen LogP contribution in [0.15, 0.2) is 59.1 Å². The summed E-state index contributed by atoms with van der Waals surface area (Å²) in [6.07, 6.45) is 13.7. The van der Waals surface area contributed by atoms with Crippen LogP contribution in [0.1, 0.15) is 33.6 Å². The number of rotatable bonds is 6. The van der Waals surface area contributed by atoms with Gasteiger partial charge in [-0.25, -0.2) is 0 Å². The molecule has 1 aliphatic rings. The van der Waals surface area contributed by atoms with Crippen molar-refractivity contribution in [2.75, 3.05) is 6.61 Å². The van der Waals surface area contributed by atoms with E-state index in [0.29, 0.717) is 6.61 Å². The van der Waals surface area contributed by atoms with Crippen LogP contribution in [-0.4, -0.2) is 11.7 Å². The van der Waals surface area contributed by atoms with Crippen molar-refractivity contribution in [3.8, 4) is 0 Å². The molecule has 0 saturated carbocycles. The minimum Gasteiger partial charge on any atom is -0.481 e. The highest BCUT2D eigenvalue weighted by Gasteiger charge is 2.02. The van der Waals surface area contributed by atoms with Gasteiger partial charge in [0, 0.05) is 0 Å². The van der Waals surface area contributed by atoms with Gasteiger partial charge in [-0.3, -0.25) is 0 Å². The Balaban J connectivity index is 2.31. The van der Waals surface area contributed by atoms with Crippen LogP contribution in [0.5, 0.6) is 0 Å². The summed E-state index contributed by atoms with van der Waals surface area (Å²) in [5.41, 5.74) is 3.36. The topological polar surface area (TPSA) is 29.5 Å². The SMILES string of the molecule is CC(C)=CCC/C(C)=C/COC(O)=C1C=CC=C1. The lowest BCUT2D eigenvalue weighted by Crippen LogP contribution is -1.95. The summed E-state index contributed by atoms with van der Waals surface area (Å²) in [4.78, 5) is 0. The van der Waals surface area contributed by atoms with Gasteiger partial charge in [-0.15, -0.1) is 0 Å². The molecule has 2 heteroatoms. The smallest absolute Gasteiger partial charge is 0.284 e. The molecule has 0 amide bonds.